The van der Waals surface area contributed by atoms with Crippen molar-refractivity contribution in [2.24, 2.45) is 34.5 Å². The van der Waals surface area contributed by atoms with E-state index in [0.717, 1.165) is 44.9 Å². The first kappa shape index (κ1) is 20.5. The third-order valence-electron chi connectivity index (χ3n) is 9.19. The zero-order valence-corrected chi connectivity index (χ0v) is 18.0. The number of esters is 1. The summed E-state index contributed by atoms with van der Waals surface area (Å²) in [7, 11) is 0. The molecule has 6 heteroatoms. The van der Waals surface area contributed by atoms with Crippen LogP contribution in [0.15, 0.2) is 11.3 Å². The lowest BCUT2D eigenvalue weighted by molar-refractivity contribution is -0.428. The van der Waals surface area contributed by atoms with Crippen LogP contribution in [-0.2, 0) is 14.3 Å². The van der Waals surface area contributed by atoms with Crippen molar-refractivity contribution in [1.82, 2.24) is 0 Å². The third kappa shape index (κ3) is 3.05. The molecule has 0 saturated heterocycles. The quantitative estimate of drug-likeness (QED) is 0.388. The number of hydrogen-bond donors (Lipinski definition) is 0. The van der Waals surface area contributed by atoms with Gasteiger partial charge in [0, 0.05) is 18.8 Å². The Balaban J connectivity index is 1.60. The average molecular weight is 404 g/mol. The third-order valence-corrected chi connectivity index (χ3v) is 9.19. The van der Waals surface area contributed by atoms with Crippen LogP contribution in [0, 0.1) is 44.6 Å². The summed E-state index contributed by atoms with van der Waals surface area (Å²) in [5.41, 5.74) is 0.524. The van der Waals surface area contributed by atoms with Crippen LogP contribution in [0.2, 0.25) is 0 Å². The molecule has 4 aliphatic rings. The number of fused-ring (bicyclic) bond motifs is 5. The molecule has 0 aliphatic heterocycles. The fraction of sp³-hybridized carbons (Fsp3) is 0.826. The van der Waals surface area contributed by atoms with Crippen molar-refractivity contribution in [1.29, 1.82) is 0 Å². The Bertz CT molecular complexity index is 788. The van der Waals surface area contributed by atoms with Gasteiger partial charge < -0.3 is 4.74 Å². The molecule has 7 atom stereocenters. The molecule has 29 heavy (non-hydrogen) atoms. The van der Waals surface area contributed by atoms with Gasteiger partial charge in [0.2, 0.25) is 0 Å². The monoisotopic (exact) mass is 403 g/mol. The van der Waals surface area contributed by atoms with Crippen LogP contribution in [0.1, 0.15) is 79.1 Å². The van der Waals surface area contributed by atoms with E-state index in [2.05, 4.69) is 13.8 Å². The Hall–Kier alpha value is -1.72. The van der Waals surface area contributed by atoms with Gasteiger partial charge in [-0.3, -0.25) is 19.7 Å². The number of ether oxygens (including phenoxy) is 1. The minimum atomic E-state index is -0.354. The maximum atomic E-state index is 12.4. The fourth-order valence-electron chi connectivity index (χ4n) is 7.98. The van der Waals surface area contributed by atoms with Gasteiger partial charge in [0.15, 0.2) is 5.78 Å². The van der Waals surface area contributed by atoms with E-state index in [1.165, 1.54) is 13.8 Å². The highest BCUT2D eigenvalue weighted by atomic mass is 16.6. The number of allylic oxidation sites excluding steroid dienone is 2. The molecule has 1 unspecified atom stereocenters. The lowest BCUT2D eigenvalue weighted by Crippen LogP contribution is -2.54. The number of rotatable bonds is 3. The molecule has 0 heterocycles. The van der Waals surface area contributed by atoms with E-state index in [1.54, 1.807) is 0 Å². The van der Waals surface area contributed by atoms with Crippen LogP contribution in [0.3, 0.4) is 0 Å². The van der Waals surface area contributed by atoms with Gasteiger partial charge in [0.1, 0.15) is 6.10 Å². The smallest absolute Gasteiger partial charge is 0.302 e. The molecule has 0 aromatic carbocycles. The highest BCUT2D eigenvalue weighted by molar-refractivity contribution is 5.95. The van der Waals surface area contributed by atoms with Gasteiger partial charge in [-0.2, -0.15) is 0 Å². The van der Waals surface area contributed by atoms with Crippen LogP contribution in [-0.4, -0.2) is 22.8 Å². The van der Waals surface area contributed by atoms with Crippen molar-refractivity contribution < 1.29 is 19.2 Å². The molecule has 0 bridgehead atoms. The Morgan fingerprint density at radius 2 is 1.79 bits per heavy atom. The van der Waals surface area contributed by atoms with Gasteiger partial charge in [-0.25, -0.2) is 0 Å². The van der Waals surface area contributed by atoms with Crippen molar-refractivity contribution >= 4 is 11.8 Å². The molecule has 160 valence electrons. The van der Waals surface area contributed by atoms with E-state index < -0.39 is 0 Å². The van der Waals surface area contributed by atoms with Crippen LogP contribution >= 0.6 is 0 Å². The van der Waals surface area contributed by atoms with Gasteiger partial charge in [0.25, 0.3) is 5.70 Å². The van der Waals surface area contributed by atoms with Gasteiger partial charge >= 0.3 is 5.97 Å². The first-order valence-electron chi connectivity index (χ1n) is 11.1. The summed E-state index contributed by atoms with van der Waals surface area (Å²) in [4.78, 5) is 35.2. The fourth-order valence-corrected chi connectivity index (χ4v) is 7.98. The molecule has 0 spiro atoms. The minimum Gasteiger partial charge on any atom is -0.463 e. The maximum absolute atomic E-state index is 12.4. The second-order valence-electron chi connectivity index (χ2n) is 10.5. The van der Waals surface area contributed by atoms with Crippen molar-refractivity contribution in [2.45, 2.75) is 85.2 Å². The van der Waals surface area contributed by atoms with Gasteiger partial charge in [-0.15, -0.1) is 0 Å². The summed E-state index contributed by atoms with van der Waals surface area (Å²) in [6.07, 6.45) is 7.43. The van der Waals surface area contributed by atoms with Crippen LogP contribution < -0.4 is 0 Å². The minimum absolute atomic E-state index is 0.0366. The zero-order chi connectivity index (χ0) is 21.1. The first-order chi connectivity index (χ1) is 13.6. The van der Waals surface area contributed by atoms with E-state index in [4.69, 9.17) is 4.74 Å². The summed E-state index contributed by atoms with van der Waals surface area (Å²) < 4.78 is 5.53. The summed E-state index contributed by atoms with van der Waals surface area (Å²) >= 11 is 0. The van der Waals surface area contributed by atoms with E-state index >= 15 is 0 Å². The van der Waals surface area contributed by atoms with Gasteiger partial charge in [-0.05, 0) is 81.0 Å². The predicted molar refractivity (Wildman–Crippen MR) is 107 cm³/mol. The Morgan fingerprint density at radius 3 is 2.41 bits per heavy atom. The largest absolute Gasteiger partial charge is 0.463 e. The molecule has 0 radical (unpaired) electrons. The van der Waals surface area contributed by atoms with Crippen LogP contribution in [0.25, 0.3) is 0 Å². The topological polar surface area (TPSA) is 86.5 Å². The second-order valence-corrected chi connectivity index (χ2v) is 10.5. The van der Waals surface area contributed by atoms with E-state index in [1.807, 2.05) is 0 Å². The van der Waals surface area contributed by atoms with Crippen molar-refractivity contribution in [3.05, 3.63) is 21.4 Å². The van der Waals surface area contributed by atoms with Crippen LogP contribution in [0.5, 0.6) is 0 Å². The zero-order valence-electron chi connectivity index (χ0n) is 18.0. The average Bonchev–Trinajstić information content (AvgIpc) is 2.95. The molecule has 4 aliphatic carbocycles. The van der Waals surface area contributed by atoms with Crippen molar-refractivity contribution in [2.75, 3.05) is 0 Å². The Kier molecular flexibility index (Phi) is 4.90. The number of nitrogens with zero attached hydrogens (tertiary/aromatic N) is 1. The number of carbonyl (C=O) groups is 2. The highest BCUT2D eigenvalue weighted by Gasteiger charge is 2.62. The number of carbonyl (C=O) groups excluding carboxylic acids is 2. The Morgan fingerprint density at radius 1 is 1.07 bits per heavy atom. The molecule has 6 nitrogen and oxygen atoms in total. The Labute approximate surface area is 172 Å². The summed E-state index contributed by atoms with van der Waals surface area (Å²) in [5, 5.41) is 11.7. The number of Topliss-reactive ketones (excluding diaryl/α,β-unsaturated/α-hetero) is 1. The standard InChI is InChI=1S/C23H33NO5/c1-13(25)21-20(24(27)28)12-19-17-6-5-15-11-16(29-14(2)26)7-9-22(15,3)18(17)8-10-23(19,21)4/h15-19H,5-12H2,1-4H3/t15?,16-,17+,18-,19-,22-,23-/m0/s1. The number of hydrogen-bond acceptors (Lipinski definition) is 5. The van der Waals surface area contributed by atoms with Gasteiger partial charge in [0.05, 0.1) is 10.5 Å². The normalized spacial score (nSPS) is 43.8. The van der Waals surface area contributed by atoms with Crippen molar-refractivity contribution in [3.63, 3.8) is 0 Å². The molecule has 0 aromatic heterocycles. The first-order valence-corrected chi connectivity index (χ1v) is 11.1. The SMILES string of the molecule is CC(=O)O[C@H]1CC[C@@]2(C)C(CC[C@@H]3[C@@H]2CC[C@]2(C)C(C(C)=O)=C([N+](=O)[O-])C[C@@H]32)C1. The second kappa shape index (κ2) is 6.92. The predicted octanol–water partition coefficient (Wildman–Crippen LogP) is 4.69. The number of ketones is 1. The number of nitro groups is 1. The highest BCUT2D eigenvalue weighted by Crippen LogP contribution is 2.67. The molecule has 0 amide bonds. The molecular weight excluding hydrogens is 370 g/mol. The van der Waals surface area contributed by atoms with E-state index in [-0.39, 0.29) is 45.2 Å². The molecule has 0 aromatic rings. The molecule has 4 rings (SSSR count). The molecular formula is C23H33NO5. The summed E-state index contributed by atoms with van der Waals surface area (Å²) in [6, 6.07) is 0. The molecule has 3 saturated carbocycles. The van der Waals surface area contributed by atoms with E-state index in [0.29, 0.717) is 29.7 Å². The molecule has 3 fully saturated rings. The maximum Gasteiger partial charge on any atom is 0.302 e. The lowest BCUT2D eigenvalue weighted by Gasteiger charge is -2.60. The summed E-state index contributed by atoms with van der Waals surface area (Å²) in [6.45, 7) is 7.49. The van der Waals surface area contributed by atoms with E-state index in [9.17, 15) is 19.7 Å². The van der Waals surface area contributed by atoms with Crippen molar-refractivity contribution in [3.8, 4) is 0 Å². The summed E-state index contributed by atoms with van der Waals surface area (Å²) in [5.74, 6) is 1.40. The van der Waals surface area contributed by atoms with Crippen LogP contribution in [0.4, 0.5) is 0 Å². The van der Waals surface area contributed by atoms with Gasteiger partial charge in [-0.1, -0.05) is 13.8 Å². The lowest BCUT2D eigenvalue weighted by atomic mass is 9.44. The molecule has 0 N–H and O–H groups in total.